The van der Waals surface area contributed by atoms with Gasteiger partial charge in [-0.05, 0) is 19.1 Å². The summed E-state index contributed by atoms with van der Waals surface area (Å²) in [6.45, 7) is 1.77. The minimum atomic E-state index is -1.15. The van der Waals surface area contributed by atoms with Gasteiger partial charge in [0, 0.05) is 11.1 Å². The van der Waals surface area contributed by atoms with Gasteiger partial charge in [-0.15, -0.1) is 0 Å². The van der Waals surface area contributed by atoms with Crippen molar-refractivity contribution in [2.24, 2.45) is 0 Å². The topological polar surface area (TPSA) is 43.4 Å². The van der Waals surface area contributed by atoms with Crippen LogP contribution in [0.3, 0.4) is 0 Å². The Morgan fingerprint density at radius 2 is 2.12 bits per heavy atom. The molecule has 1 rings (SSSR count). The predicted octanol–water partition coefficient (Wildman–Crippen LogP) is 1.88. The summed E-state index contributed by atoms with van der Waals surface area (Å²) in [7, 11) is 0. The highest BCUT2D eigenvalue weighted by molar-refractivity contribution is 5.77. The molecule has 16 heavy (non-hydrogen) atoms. The molecule has 3 nitrogen and oxygen atoms in total. The predicted molar refractivity (Wildman–Crippen MR) is 52.1 cm³/mol. The summed E-state index contributed by atoms with van der Waals surface area (Å²) < 4.78 is 30.8. The quantitative estimate of drug-likeness (QED) is 0.583. The third-order valence-electron chi connectivity index (χ3n) is 1.90. The fraction of sp³-hybridized carbons (Fsp3) is 0.273. The molecule has 1 aromatic carbocycles. The minimum absolute atomic E-state index is 0.0156. The Labute approximate surface area is 91.0 Å². The van der Waals surface area contributed by atoms with Crippen LogP contribution in [0.4, 0.5) is 8.78 Å². The van der Waals surface area contributed by atoms with Crippen LogP contribution in [0.25, 0.3) is 0 Å². The Bertz CT molecular complexity index is 416. The van der Waals surface area contributed by atoms with Crippen LogP contribution in [0.2, 0.25) is 0 Å². The normalized spacial score (nSPS) is 9.94. The minimum Gasteiger partial charge on any atom is -0.466 e. The Hall–Kier alpha value is -1.78. The zero-order valence-corrected chi connectivity index (χ0v) is 8.63. The maximum absolute atomic E-state index is 13.2. The van der Waals surface area contributed by atoms with Crippen molar-refractivity contribution in [2.45, 2.75) is 13.3 Å². The van der Waals surface area contributed by atoms with Crippen LogP contribution in [0.15, 0.2) is 12.1 Å². The van der Waals surface area contributed by atoms with E-state index in [1.54, 1.807) is 6.92 Å². The van der Waals surface area contributed by atoms with E-state index in [0.717, 1.165) is 12.1 Å². The van der Waals surface area contributed by atoms with Crippen LogP contribution >= 0.6 is 0 Å². The molecule has 0 aromatic heterocycles. The van der Waals surface area contributed by atoms with E-state index in [0.29, 0.717) is 6.29 Å². The fourth-order valence-electron chi connectivity index (χ4n) is 1.23. The summed E-state index contributed by atoms with van der Waals surface area (Å²) in [6.07, 6.45) is -0.00452. The van der Waals surface area contributed by atoms with Gasteiger partial charge in [0.2, 0.25) is 0 Å². The lowest BCUT2D eigenvalue weighted by atomic mass is 10.1. The summed E-state index contributed by atoms with van der Waals surface area (Å²) >= 11 is 0. The molecule has 0 saturated heterocycles. The van der Waals surface area contributed by atoms with Gasteiger partial charge in [0.15, 0.2) is 11.6 Å². The highest BCUT2D eigenvalue weighted by atomic mass is 19.2. The van der Waals surface area contributed by atoms with E-state index in [1.807, 2.05) is 0 Å². The molecule has 0 aliphatic carbocycles. The zero-order chi connectivity index (χ0) is 12.1. The molecule has 0 aliphatic rings. The van der Waals surface area contributed by atoms with Gasteiger partial charge in [-0.2, -0.15) is 0 Å². The molecule has 0 unspecified atom stereocenters. The highest BCUT2D eigenvalue weighted by Gasteiger charge is 2.14. The van der Waals surface area contributed by atoms with E-state index in [-0.39, 0.29) is 17.7 Å². The van der Waals surface area contributed by atoms with Crippen LogP contribution in [0.5, 0.6) is 0 Å². The summed E-state index contributed by atoms with van der Waals surface area (Å²) in [5.41, 5.74) is -0.196. The second kappa shape index (κ2) is 5.34. The van der Waals surface area contributed by atoms with E-state index in [9.17, 15) is 18.4 Å². The van der Waals surface area contributed by atoms with E-state index in [2.05, 4.69) is 4.74 Å². The van der Waals surface area contributed by atoms with E-state index in [1.165, 1.54) is 0 Å². The van der Waals surface area contributed by atoms with Crippen molar-refractivity contribution in [3.8, 4) is 0 Å². The van der Waals surface area contributed by atoms with Crippen molar-refractivity contribution < 1.29 is 23.1 Å². The number of carbonyl (C=O) groups excluding carboxylic acids is 2. The van der Waals surface area contributed by atoms with Gasteiger partial charge >= 0.3 is 5.97 Å². The lowest BCUT2D eigenvalue weighted by Gasteiger charge is -2.05. The van der Waals surface area contributed by atoms with Crippen molar-refractivity contribution in [3.63, 3.8) is 0 Å². The summed E-state index contributed by atoms with van der Waals surface area (Å²) in [6, 6.07) is 1.90. The standard InChI is InChI=1S/C11H10F2O3/c1-2-16-10(15)5-8-3-7(6-14)4-9(12)11(8)13/h3-4,6H,2,5H2,1H3. The Morgan fingerprint density at radius 1 is 1.44 bits per heavy atom. The lowest BCUT2D eigenvalue weighted by molar-refractivity contribution is -0.142. The average molecular weight is 228 g/mol. The molecule has 0 aliphatic heterocycles. The summed E-state index contributed by atoms with van der Waals surface area (Å²) in [5, 5.41) is 0. The van der Waals surface area contributed by atoms with Crippen molar-refractivity contribution in [1.82, 2.24) is 0 Å². The van der Waals surface area contributed by atoms with E-state index < -0.39 is 24.0 Å². The van der Waals surface area contributed by atoms with Crippen LogP contribution in [0, 0.1) is 11.6 Å². The SMILES string of the molecule is CCOC(=O)Cc1cc(C=O)cc(F)c1F. The lowest BCUT2D eigenvalue weighted by Crippen LogP contribution is -2.10. The van der Waals surface area contributed by atoms with Crippen LogP contribution in [-0.4, -0.2) is 18.9 Å². The molecule has 0 saturated carbocycles. The van der Waals surface area contributed by atoms with Gasteiger partial charge in [-0.1, -0.05) is 0 Å². The number of benzene rings is 1. The number of hydrogen-bond donors (Lipinski definition) is 0. The fourth-order valence-corrected chi connectivity index (χ4v) is 1.23. The zero-order valence-electron chi connectivity index (χ0n) is 8.63. The Kier molecular flexibility index (Phi) is 4.10. The molecule has 0 spiro atoms. The van der Waals surface area contributed by atoms with Crippen molar-refractivity contribution in [2.75, 3.05) is 6.61 Å². The third-order valence-corrected chi connectivity index (χ3v) is 1.90. The molecular formula is C11H10F2O3. The molecule has 86 valence electrons. The Morgan fingerprint density at radius 3 is 2.69 bits per heavy atom. The second-order valence-electron chi connectivity index (χ2n) is 3.08. The molecule has 0 radical (unpaired) electrons. The molecule has 0 amide bonds. The highest BCUT2D eigenvalue weighted by Crippen LogP contribution is 2.15. The first-order valence-electron chi connectivity index (χ1n) is 4.67. The largest absolute Gasteiger partial charge is 0.466 e. The van der Waals surface area contributed by atoms with Crippen molar-refractivity contribution in [1.29, 1.82) is 0 Å². The monoisotopic (exact) mass is 228 g/mol. The molecule has 0 N–H and O–H groups in total. The maximum atomic E-state index is 13.2. The second-order valence-corrected chi connectivity index (χ2v) is 3.08. The van der Waals surface area contributed by atoms with Crippen LogP contribution in [0.1, 0.15) is 22.8 Å². The number of aldehydes is 1. The van der Waals surface area contributed by atoms with Gasteiger partial charge < -0.3 is 4.74 Å². The van der Waals surface area contributed by atoms with Crippen LogP contribution < -0.4 is 0 Å². The molecule has 0 atom stereocenters. The van der Waals surface area contributed by atoms with Crippen LogP contribution in [-0.2, 0) is 16.0 Å². The number of hydrogen-bond acceptors (Lipinski definition) is 3. The summed E-state index contributed by atoms with van der Waals surface area (Å²) in [5.74, 6) is -2.94. The molecule has 0 fully saturated rings. The average Bonchev–Trinajstić information content (AvgIpc) is 2.24. The summed E-state index contributed by atoms with van der Waals surface area (Å²) in [4.78, 5) is 21.5. The van der Waals surface area contributed by atoms with Crippen molar-refractivity contribution >= 4 is 12.3 Å². The number of halogens is 2. The maximum Gasteiger partial charge on any atom is 0.310 e. The van der Waals surface area contributed by atoms with Gasteiger partial charge in [0.05, 0.1) is 13.0 Å². The number of esters is 1. The number of rotatable bonds is 4. The smallest absolute Gasteiger partial charge is 0.310 e. The molecule has 0 bridgehead atoms. The first-order valence-corrected chi connectivity index (χ1v) is 4.67. The van der Waals surface area contributed by atoms with Gasteiger partial charge in [0.25, 0.3) is 0 Å². The third kappa shape index (κ3) is 2.85. The van der Waals surface area contributed by atoms with Gasteiger partial charge in [-0.25, -0.2) is 8.78 Å². The first-order chi connectivity index (χ1) is 7.58. The van der Waals surface area contributed by atoms with Gasteiger partial charge in [0.1, 0.15) is 6.29 Å². The molecule has 1 aromatic rings. The number of ether oxygens (including phenoxy) is 1. The molecule has 0 heterocycles. The Balaban J connectivity index is 2.98. The van der Waals surface area contributed by atoms with Gasteiger partial charge in [-0.3, -0.25) is 9.59 Å². The van der Waals surface area contributed by atoms with E-state index >= 15 is 0 Å². The van der Waals surface area contributed by atoms with E-state index in [4.69, 9.17) is 0 Å². The first kappa shape index (κ1) is 12.3. The molecular weight excluding hydrogens is 218 g/mol. The van der Waals surface area contributed by atoms with Crippen molar-refractivity contribution in [3.05, 3.63) is 34.9 Å². The molecule has 5 heteroatoms. The number of carbonyl (C=O) groups is 2.